The van der Waals surface area contributed by atoms with Gasteiger partial charge < -0.3 is 29.6 Å². The minimum absolute atomic E-state index is 0.143. The van der Waals surface area contributed by atoms with Crippen molar-refractivity contribution in [2.24, 2.45) is 10.9 Å². The van der Waals surface area contributed by atoms with E-state index in [2.05, 4.69) is 40.7 Å². The van der Waals surface area contributed by atoms with Crippen LogP contribution >= 0.6 is 0 Å². The van der Waals surface area contributed by atoms with Gasteiger partial charge in [0.25, 0.3) is 0 Å². The summed E-state index contributed by atoms with van der Waals surface area (Å²) in [6.07, 6.45) is 4.27. The van der Waals surface area contributed by atoms with Crippen LogP contribution in [-0.2, 0) is 20.8 Å². The Morgan fingerprint density at radius 1 is 1.13 bits per heavy atom. The number of nitrogens with one attached hydrogen (secondary N) is 2. The first-order valence-corrected chi connectivity index (χ1v) is 11.2. The molecule has 1 aromatic rings. The second-order valence-corrected chi connectivity index (χ2v) is 8.05. The van der Waals surface area contributed by atoms with Crippen molar-refractivity contribution in [1.82, 2.24) is 10.6 Å². The monoisotopic (exact) mass is 419 g/mol. The molecule has 0 aliphatic carbocycles. The number of aliphatic imine (C=N–C) groups is 1. The van der Waals surface area contributed by atoms with Crippen LogP contribution in [0.2, 0.25) is 0 Å². The Hall–Kier alpha value is -1.83. The Kier molecular flexibility index (Phi) is 9.73. The second kappa shape index (κ2) is 12.8. The fourth-order valence-corrected chi connectivity index (χ4v) is 3.65. The third kappa shape index (κ3) is 7.78. The highest BCUT2D eigenvalue weighted by molar-refractivity contribution is 5.79. The number of ether oxygens (including phenoxy) is 4. The fourth-order valence-electron chi connectivity index (χ4n) is 3.65. The lowest BCUT2D eigenvalue weighted by Crippen LogP contribution is -2.37. The lowest BCUT2D eigenvalue weighted by atomic mass is 10.0. The molecule has 168 valence electrons. The van der Waals surface area contributed by atoms with Crippen LogP contribution in [0.25, 0.3) is 0 Å². The Morgan fingerprint density at radius 3 is 2.73 bits per heavy atom. The number of benzene rings is 1. The van der Waals surface area contributed by atoms with E-state index in [9.17, 15) is 0 Å². The smallest absolute Gasteiger partial charge is 0.191 e. The molecule has 3 rings (SSSR count). The van der Waals surface area contributed by atoms with Crippen molar-refractivity contribution in [3.63, 3.8) is 0 Å². The van der Waals surface area contributed by atoms with Gasteiger partial charge in [-0.1, -0.05) is 12.1 Å². The highest BCUT2D eigenvalue weighted by atomic mass is 16.5. The Morgan fingerprint density at radius 2 is 1.97 bits per heavy atom. The minimum Gasteiger partial charge on any atom is -0.488 e. The predicted molar refractivity (Wildman–Crippen MR) is 118 cm³/mol. The highest BCUT2D eigenvalue weighted by Gasteiger charge is 2.19. The minimum atomic E-state index is 0.143. The van der Waals surface area contributed by atoms with Crippen LogP contribution in [0.4, 0.5) is 0 Å². The van der Waals surface area contributed by atoms with E-state index in [-0.39, 0.29) is 6.10 Å². The van der Waals surface area contributed by atoms with Crippen molar-refractivity contribution in [2.75, 3.05) is 53.2 Å². The van der Waals surface area contributed by atoms with Gasteiger partial charge >= 0.3 is 0 Å². The summed E-state index contributed by atoms with van der Waals surface area (Å²) in [5, 5.41) is 6.75. The molecule has 2 fully saturated rings. The van der Waals surface area contributed by atoms with E-state index >= 15 is 0 Å². The molecule has 2 saturated heterocycles. The molecule has 2 N–H and O–H groups in total. The maximum atomic E-state index is 6.18. The van der Waals surface area contributed by atoms with Crippen molar-refractivity contribution in [2.45, 2.75) is 45.3 Å². The molecular weight excluding hydrogens is 382 g/mol. The molecule has 2 aliphatic heterocycles. The van der Waals surface area contributed by atoms with Crippen LogP contribution in [0.3, 0.4) is 0 Å². The lowest BCUT2D eigenvalue weighted by Gasteiger charge is -2.21. The molecule has 0 amide bonds. The molecule has 1 atom stereocenters. The molecule has 30 heavy (non-hydrogen) atoms. The standard InChI is InChI=1S/C23H37N3O4/c1-18-4-5-20(22(14-18)30-21-8-13-29-17-21)15-26-23(24-2)25-9-3-10-28-16-19-6-11-27-12-7-19/h4-5,14,19,21H,3,6-13,15-17H2,1-2H3,(H2,24,25,26). The summed E-state index contributed by atoms with van der Waals surface area (Å²) < 4.78 is 22.8. The molecule has 1 unspecified atom stereocenters. The van der Waals surface area contributed by atoms with E-state index in [1.807, 2.05) is 0 Å². The summed E-state index contributed by atoms with van der Waals surface area (Å²) in [5.41, 5.74) is 2.31. The first-order valence-electron chi connectivity index (χ1n) is 11.2. The summed E-state index contributed by atoms with van der Waals surface area (Å²) in [4.78, 5) is 4.32. The molecule has 0 bridgehead atoms. The largest absolute Gasteiger partial charge is 0.488 e. The van der Waals surface area contributed by atoms with Gasteiger partial charge in [0.15, 0.2) is 5.96 Å². The molecule has 0 aromatic heterocycles. The third-order valence-corrected chi connectivity index (χ3v) is 5.53. The van der Waals surface area contributed by atoms with Crippen LogP contribution < -0.4 is 15.4 Å². The molecule has 2 heterocycles. The summed E-state index contributed by atoms with van der Waals surface area (Å²) in [7, 11) is 1.79. The number of rotatable bonds is 10. The Labute approximate surface area is 180 Å². The van der Waals surface area contributed by atoms with Crippen LogP contribution in [0.1, 0.15) is 36.8 Å². The fraction of sp³-hybridized carbons (Fsp3) is 0.696. The van der Waals surface area contributed by atoms with Gasteiger partial charge in [-0.25, -0.2) is 0 Å². The Balaban J connectivity index is 1.35. The second-order valence-electron chi connectivity index (χ2n) is 8.05. The van der Waals surface area contributed by atoms with Crippen LogP contribution in [-0.4, -0.2) is 65.3 Å². The quantitative estimate of drug-likeness (QED) is 0.345. The zero-order chi connectivity index (χ0) is 21.0. The molecule has 0 radical (unpaired) electrons. The van der Waals surface area contributed by atoms with E-state index in [1.54, 1.807) is 7.05 Å². The number of hydrogen-bond donors (Lipinski definition) is 2. The summed E-state index contributed by atoms with van der Waals surface area (Å²) in [6.45, 7) is 8.37. The van der Waals surface area contributed by atoms with Crippen LogP contribution in [0.5, 0.6) is 5.75 Å². The third-order valence-electron chi connectivity index (χ3n) is 5.53. The van der Waals surface area contributed by atoms with Crippen LogP contribution in [0, 0.1) is 12.8 Å². The average Bonchev–Trinajstić information content (AvgIpc) is 3.27. The van der Waals surface area contributed by atoms with Gasteiger partial charge in [-0.3, -0.25) is 4.99 Å². The van der Waals surface area contributed by atoms with Gasteiger partial charge in [-0.05, 0) is 43.7 Å². The van der Waals surface area contributed by atoms with E-state index in [1.165, 1.54) is 5.56 Å². The number of guanidine groups is 1. The van der Waals surface area contributed by atoms with E-state index < -0.39 is 0 Å². The molecule has 0 spiro atoms. The van der Waals surface area contributed by atoms with Crippen molar-refractivity contribution in [1.29, 1.82) is 0 Å². The van der Waals surface area contributed by atoms with Gasteiger partial charge in [0, 0.05) is 58.5 Å². The van der Waals surface area contributed by atoms with Gasteiger partial charge in [-0.2, -0.15) is 0 Å². The maximum Gasteiger partial charge on any atom is 0.191 e. The molecular formula is C23H37N3O4. The Bertz CT molecular complexity index is 656. The van der Waals surface area contributed by atoms with Gasteiger partial charge in [0.2, 0.25) is 0 Å². The zero-order valence-electron chi connectivity index (χ0n) is 18.5. The molecule has 7 nitrogen and oxygen atoms in total. The van der Waals surface area contributed by atoms with Crippen molar-refractivity contribution >= 4 is 5.96 Å². The number of aryl methyl sites for hydroxylation is 1. The molecule has 2 aliphatic rings. The lowest BCUT2D eigenvalue weighted by molar-refractivity contribution is 0.0203. The summed E-state index contributed by atoms with van der Waals surface area (Å²) in [6, 6.07) is 6.33. The maximum absolute atomic E-state index is 6.18. The topological polar surface area (TPSA) is 73.3 Å². The van der Waals surface area contributed by atoms with Gasteiger partial charge in [0.05, 0.1) is 13.2 Å². The predicted octanol–water partition coefficient (Wildman–Crippen LogP) is 2.66. The molecule has 0 saturated carbocycles. The van der Waals surface area contributed by atoms with E-state index in [4.69, 9.17) is 18.9 Å². The summed E-state index contributed by atoms with van der Waals surface area (Å²) in [5.74, 6) is 2.37. The van der Waals surface area contributed by atoms with Crippen molar-refractivity contribution < 1.29 is 18.9 Å². The molecule has 7 heteroatoms. The summed E-state index contributed by atoms with van der Waals surface area (Å²) >= 11 is 0. The van der Waals surface area contributed by atoms with Crippen molar-refractivity contribution in [3.8, 4) is 5.75 Å². The van der Waals surface area contributed by atoms with E-state index in [0.717, 1.165) is 82.5 Å². The average molecular weight is 420 g/mol. The first kappa shape index (κ1) is 22.8. The highest BCUT2D eigenvalue weighted by Crippen LogP contribution is 2.23. The van der Waals surface area contributed by atoms with Gasteiger partial charge in [-0.15, -0.1) is 0 Å². The van der Waals surface area contributed by atoms with E-state index in [0.29, 0.717) is 19.1 Å². The zero-order valence-corrected chi connectivity index (χ0v) is 18.5. The molecule has 1 aromatic carbocycles. The first-order chi connectivity index (χ1) is 14.7. The van der Waals surface area contributed by atoms with Crippen molar-refractivity contribution in [3.05, 3.63) is 29.3 Å². The SMILES string of the molecule is CN=C(NCCCOCC1CCOCC1)NCc1ccc(C)cc1OC1CCOC1. The normalized spacial score (nSPS) is 20.3. The van der Waals surface area contributed by atoms with Gasteiger partial charge in [0.1, 0.15) is 11.9 Å². The van der Waals surface area contributed by atoms with Crippen LogP contribution in [0.15, 0.2) is 23.2 Å². The number of nitrogens with zero attached hydrogens (tertiary/aromatic N) is 1. The number of hydrogen-bond acceptors (Lipinski definition) is 5.